The van der Waals surface area contributed by atoms with E-state index in [4.69, 9.17) is 4.74 Å². The molecule has 0 radical (unpaired) electrons. The zero-order valence-corrected chi connectivity index (χ0v) is 24.1. The van der Waals surface area contributed by atoms with Crippen LogP contribution in [0, 0.1) is 17.7 Å². The van der Waals surface area contributed by atoms with Crippen molar-refractivity contribution in [2.45, 2.75) is 55.4 Å². The Hall–Kier alpha value is -3.27. The fourth-order valence-electron chi connectivity index (χ4n) is 5.69. The van der Waals surface area contributed by atoms with E-state index in [2.05, 4.69) is 27.4 Å². The Labute approximate surface area is 243 Å². The first-order valence-electron chi connectivity index (χ1n) is 14.0. The van der Waals surface area contributed by atoms with E-state index in [1.165, 1.54) is 12.1 Å². The highest BCUT2D eigenvalue weighted by Gasteiger charge is 2.30. The lowest BCUT2D eigenvalue weighted by molar-refractivity contribution is -0.140. The van der Waals surface area contributed by atoms with Crippen LogP contribution in [0.2, 0.25) is 0 Å². The first-order valence-corrected chi connectivity index (χ1v) is 15.9. The van der Waals surface area contributed by atoms with Gasteiger partial charge in [-0.3, -0.25) is 0 Å². The number of rotatable bonds is 7. The largest absolute Gasteiger partial charge is 0.406 e. The van der Waals surface area contributed by atoms with Gasteiger partial charge in [0.2, 0.25) is 0 Å². The molecule has 0 amide bonds. The molecule has 0 atom stereocenters. The van der Waals surface area contributed by atoms with Gasteiger partial charge in [0.05, 0.1) is 28.3 Å². The molecule has 2 N–H and O–H groups in total. The number of likely N-dealkylation sites (tertiary alicyclic amines) is 1. The van der Waals surface area contributed by atoms with Gasteiger partial charge in [0.25, 0.3) is 0 Å². The Morgan fingerprint density at radius 3 is 2.43 bits per heavy atom. The minimum Gasteiger partial charge on any atom is -0.382 e. The number of nitrogens with zero attached hydrogens (tertiary/aromatic N) is 2. The molecule has 3 heterocycles. The molecular formula is C30H34F4N4O3S. The smallest absolute Gasteiger partial charge is 0.382 e. The zero-order valence-electron chi connectivity index (χ0n) is 23.3. The van der Waals surface area contributed by atoms with E-state index in [9.17, 15) is 26.0 Å². The summed E-state index contributed by atoms with van der Waals surface area (Å²) in [7, 11) is -3.56. The second-order valence-corrected chi connectivity index (χ2v) is 12.9. The third kappa shape index (κ3) is 7.38. The minimum absolute atomic E-state index is 0.0434. The lowest BCUT2D eigenvalue weighted by atomic mass is 9.99. The van der Waals surface area contributed by atoms with Gasteiger partial charge in [-0.1, -0.05) is 12.0 Å². The summed E-state index contributed by atoms with van der Waals surface area (Å²) in [6.07, 6.45) is 0.514. The molecule has 0 saturated carbocycles. The normalized spacial score (nSPS) is 17.6. The molecule has 3 aromatic rings. The summed E-state index contributed by atoms with van der Waals surface area (Å²) in [6, 6.07) is 11.2. The summed E-state index contributed by atoms with van der Waals surface area (Å²) < 4.78 is 84.9. The number of aromatic nitrogens is 1. The number of hydrogen-bond acceptors (Lipinski definition) is 6. The summed E-state index contributed by atoms with van der Waals surface area (Å²) in [5, 5.41) is 6.99. The maximum absolute atomic E-state index is 14.4. The highest BCUT2D eigenvalue weighted by molar-refractivity contribution is 7.90. The van der Waals surface area contributed by atoms with Crippen molar-refractivity contribution in [1.29, 1.82) is 0 Å². The highest BCUT2D eigenvalue weighted by atomic mass is 32.2. The second kappa shape index (κ2) is 12.5. The van der Waals surface area contributed by atoms with Gasteiger partial charge in [0.15, 0.2) is 9.84 Å². The molecule has 0 unspecified atom stereocenters. The van der Waals surface area contributed by atoms with Gasteiger partial charge in [-0.25, -0.2) is 12.8 Å². The topological polar surface area (TPSA) is 75.6 Å². The van der Waals surface area contributed by atoms with Crippen molar-refractivity contribution < 1.29 is 30.7 Å². The van der Waals surface area contributed by atoms with Crippen LogP contribution in [0.5, 0.6) is 0 Å². The molecule has 2 aromatic carbocycles. The number of fused-ring (bicyclic) bond motifs is 1. The van der Waals surface area contributed by atoms with Crippen LogP contribution in [0.1, 0.15) is 31.4 Å². The fourth-order valence-corrected chi connectivity index (χ4v) is 6.32. The van der Waals surface area contributed by atoms with E-state index in [0.717, 1.165) is 74.6 Å². The average molecular weight is 607 g/mol. The van der Waals surface area contributed by atoms with Crippen molar-refractivity contribution in [1.82, 2.24) is 9.47 Å². The second-order valence-electron chi connectivity index (χ2n) is 10.8. The van der Waals surface area contributed by atoms with E-state index < -0.39 is 28.4 Å². The molecule has 226 valence electrons. The number of benzene rings is 2. The summed E-state index contributed by atoms with van der Waals surface area (Å²) >= 11 is 0. The molecule has 7 nitrogen and oxygen atoms in total. The SMILES string of the molecule is CS(=O)(=O)c1ccc(NCC#Cc2cc3c(NC4CCN(C5CCOCC5)CC4)cccc3n2CC(F)(F)F)c(F)c1. The molecule has 0 aliphatic carbocycles. The van der Waals surface area contributed by atoms with E-state index >= 15 is 0 Å². The van der Waals surface area contributed by atoms with Gasteiger partial charge in [-0.15, -0.1) is 0 Å². The van der Waals surface area contributed by atoms with Crippen LogP contribution in [0.15, 0.2) is 47.4 Å². The van der Waals surface area contributed by atoms with Gasteiger partial charge in [-0.05, 0) is 68.0 Å². The van der Waals surface area contributed by atoms with Crippen LogP contribution in [-0.4, -0.2) is 75.2 Å². The third-order valence-electron chi connectivity index (χ3n) is 7.83. The van der Waals surface area contributed by atoms with E-state index in [0.29, 0.717) is 16.9 Å². The quantitative estimate of drug-likeness (QED) is 0.282. The summed E-state index contributed by atoms with van der Waals surface area (Å²) in [4.78, 5) is 2.37. The molecule has 2 fully saturated rings. The Balaban J connectivity index is 1.32. The lowest BCUT2D eigenvalue weighted by Gasteiger charge is -2.39. The predicted octanol–water partition coefficient (Wildman–Crippen LogP) is 5.27. The Bertz CT molecular complexity index is 1580. The Morgan fingerprint density at radius 1 is 1.02 bits per heavy atom. The number of hydrogen-bond donors (Lipinski definition) is 2. The van der Waals surface area contributed by atoms with Crippen molar-refractivity contribution >= 4 is 32.1 Å². The molecule has 2 aliphatic heterocycles. The van der Waals surface area contributed by atoms with E-state index in [-0.39, 0.29) is 28.9 Å². The van der Waals surface area contributed by atoms with E-state index in [1.54, 1.807) is 18.2 Å². The highest BCUT2D eigenvalue weighted by Crippen LogP contribution is 2.32. The number of anilines is 2. The summed E-state index contributed by atoms with van der Waals surface area (Å²) in [5.74, 6) is 4.82. The zero-order chi connectivity index (χ0) is 29.9. The fraction of sp³-hybridized carbons (Fsp3) is 0.467. The van der Waals surface area contributed by atoms with Gasteiger partial charge < -0.3 is 24.8 Å². The number of sulfone groups is 1. The molecule has 0 bridgehead atoms. The number of alkyl halides is 3. The minimum atomic E-state index is -4.45. The van der Waals surface area contributed by atoms with Crippen LogP contribution in [0.4, 0.5) is 28.9 Å². The molecule has 1 aromatic heterocycles. The molecule has 42 heavy (non-hydrogen) atoms. The lowest BCUT2D eigenvalue weighted by Crippen LogP contribution is -2.46. The van der Waals surface area contributed by atoms with Crippen molar-refractivity contribution in [2.24, 2.45) is 0 Å². The van der Waals surface area contributed by atoms with Crippen LogP contribution >= 0.6 is 0 Å². The predicted molar refractivity (Wildman–Crippen MR) is 155 cm³/mol. The van der Waals surface area contributed by atoms with Crippen molar-refractivity contribution in [2.75, 3.05) is 49.7 Å². The van der Waals surface area contributed by atoms with E-state index in [1.807, 2.05) is 6.07 Å². The molecule has 2 saturated heterocycles. The van der Waals surface area contributed by atoms with Crippen molar-refractivity contribution in [3.8, 4) is 11.8 Å². The molecule has 12 heteroatoms. The number of ether oxygens (including phenoxy) is 1. The monoisotopic (exact) mass is 606 g/mol. The third-order valence-corrected chi connectivity index (χ3v) is 8.94. The number of halogens is 4. The first kappa shape index (κ1) is 30.2. The maximum atomic E-state index is 14.4. The summed E-state index contributed by atoms with van der Waals surface area (Å²) in [5.41, 5.74) is 1.44. The van der Waals surface area contributed by atoms with Crippen LogP contribution in [0.25, 0.3) is 10.9 Å². The van der Waals surface area contributed by atoms with Gasteiger partial charge >= 0.3 is 6.18 Å². The van der Waals surface area contributed by atoms with Crippen molar-refractivity contribution in [3.05, 3.63) is 54.0 Å². The Kier molecular flexibility index (Phi) is 9.01. The Morgan fingerprint density at radius 2 is 1.76 bits per heavy atom. The van der Waals surface area contributed by atoms with Gasteiger partial charge in [0, 0.05) is 55.7 Å². The molecular weight excluding hydrogens is 572 g/mol. The van der Waals surface area contributed by atoms with Crippen LogP contribution in [0.3, 0.4) is 0 Å². The van der Waals surface area contributed by atoms with Gasteiger partial charge in [-0.2, -0.15) is 13.2 Å². The molecule has 5 rings (SSSR count). The van der Waals surface area contributed by atoms with Crippen LogP contribution in [-0.2, 0) is 21.1 Å². The van der Waals surface area contributed by atoms with Crippen molar-refractivity contribution in [3.63, 3.8) is 0 Å². The van der Waals surface area contributed by atoms with Gasteiger partial charge in [0.1, 0.15) is 12.4 Å². The first-order chi connectivity index (χ1) is 20.0. The number of piperidine rings is 1. The standard InChI is InChI=1S/C30H34F4N4O3S/c1-42(39,40)24-7-8-28(26(31)19-24)35-13-3-4-23-18-25-27(5-2-6-29(25)38(23)20-30(32,33)34)36-21-9-14-37(15-10-21)22-11-16-41-17-12-22/h2,5-8,18-19,21-22,35-36H,9-17,20H2,1H3. The number of nitrogens with one attached hydrogen (secondary N) is 2. The summed E-state index contributed by atoms with van der Waals surface area (Å²) in [6.45, 7) is 2.29. The molecule has 0 spiro atoms. The van der Waals surface area contributed by atoms with Crippen LogP contribution < -0.4 is 10.6 Å². The maximum Gasteiger partial charge on any atom is 0.406 e. The average Bonchev–Trinajstić information content (AvgIpc) is 3.28. The molecule has 2 aliphatic rings.